The van der Waals surface area contributed by atoms with Crippen LogP contribution in [0.3, 0.4) is 0 Å². The summed E-state index contributed by atoms with van der Waals surface area (Å²) in [6.45, 7) is 2.67. The van der Waals surface area contributed by atoms with Crippen molar-refractivity contribution in [2.24, 2.45) is 0 Å². The van der Waals surface area contributed by atoms with Gasteiger partial charge in [-0.3, -0.25) is 24.1 Å². The van der Waals surface area contributed by atoms with E-state index >= 15 is 0 Å². The maximum Gasteiger partial charge on any atom is 0.294 e. The average Bonchev–Trinajstić information content (AvgIpc) is 3.16. The minimum absolute atomic E-state index is 0.165. The third kappa shape index (κ3) is 6.68. The molecule has 0 radical (unpaired) electrons. The van der Waals surface area contributed by atoms with Gasteiger partial charge in [-0.2, -0.15) is 0 Å². The fourth-order valence-corrected chi connectivity index (χ4v) is 5.21. The molecule has 2 aliphatic heterocycles. The van der Waals surface area contributed by atoms with E-state index < -0.39 is 11.1 Å². The number of benzene rings is 2. The maximum absolute atomic E-state index is 12.9. The summed E-state index contributed by atoms with van der Waals surface area (Å²) in [7, 11) is 1.43. The first-order valence-corrected chi connectivity index (χ1v) is 13.3. The van der Waals surface area contributed by atoms with Crippen molar-refractivity contribution in [3.8, 4) is 11.5 Å². The summed E-state index contributed by atoms with van der Waals surface area (Å²) < 4.78 is 11.0. The lowest BCUT2D eigenvalue weighted by atomic mass is 10.1. The van der Waals surface area contributed by atoms with Crippen molar-refractivity contribution in [1.29, 1.82) is 0 Å². The van der Waals surface area contributed by atoms with Crippen LogP contribution in [0.4, 0.5) is 10.5 Å². The highest BCUT2D eigenvalue weighted by molar-refractivity contribution is 8.18. The third-order valence-electron chi connectivity index (χ3n) is 6.11. The van der Waals surface area contributed by atoms with E-state index in [1.165, 1.54) is 13.2 Å². The standard InChI is InChI=1S/C27H28ClN3O6S/c1-17-6-8-19(9-7-17)29-23(32)16-37-25-20(28)12-18(13-21(25)36-2)14-22-26(34)31(27(35)38-22)15-24(33)30-10-4-3-5-11-30/h6-9,12-14H,3-5,10-11,15-16H2,1-2H3,(H,29,32)/b22-14-. The van der Waals surface area contributed by atoms with Gasteiger partial charge in [0.2, 0.25) is 5.91 Å². The van der Waals surface area contributed by atoms with E-state index in [4.69, 9.17) is 21.1 Å². The molecule has 0 unspecified atom stereocenters. The number of ether oxygens (including phenoxy) is 2. The minimum Gasteiger partial charge on any atom is -0.493 e. The number of hydrogen-bond donors (Lipinski definition) is 1. The molecule has 200 valence electrons. The SMILES string of the molecule is COc1cc(/C=C2\SC(=O)N(CC(=O)N3CCCCC3)C2=O)cc(Cl)c1OCC(=O)Nc1ccc(C)cc1. The number of likely N-dealkylation sites (tertiary alicyclic amines) is 1. The molecule has 2 aromatic rings. The Hall–Kier alpha value is -3.50. The highest BCUT2D eigenvalue weighted by Crippen LogP contribution is 2.39. The van der Waals surface area contributed by atoms with Crippen molar-refractivity contribution >= 4 is 58.1 Å². The Bertz CT molecular complexity index is 1270. The fraction of sp³-hybridized carbons (Fsp3) is 0.333. The lowest BCUT2D eigenvalue weighted by molar-refractivity contribution is -0.136. The molecule has 2 heterocycles. The molecule has 0 atom stereocenters. The number of carbonyl (C=O) groups excluding carboxylic acids is 4. The summed E-state index contributed by atoms with van der Waals surface area (Å²) >= 11 is 7.19. The quantitative estimate of drug-likeness (QED) is 0.468. The van der Waals surface area contributed by atoms with Gasteiger partial charge in [0.25, 0.3) is 17.1 Å². The zero-order valence-electron chi connectivity index (χ0n) is 21.1. The first-order valence-electron chi connectivity index (χ1n) is 12.1. The molecule has 0 saturated carbocycles. The smallest absolute Gasteiger partial charge is 0.294 e. The number of hydrogen-bond acceptors (Lipinski definition) is 7. The van der Waals surface area contributed by atoms with Gasteiger partial charge in [0, 0.05) is 18.8 Å². The molecule has 9 nitrogen and oxygen atoms in total. The zero-order valence-corrected chi connectivity index (χ0v) is 22.7. The number of rotatable bonds is 8. The van der Waals surface area contributed by atoms with Crippen molar-refractivity contribution in [1.82, 2.24) is 9.80 Å². The van der Waals surface area contributed by atoms with E-state index in [9.17, 15) is 19.2 Å². The van der Waals surface area contributed by atoms with E-state index in [1.807, 2.05) is 19.1 Å². The lowest BCUT2D eigenvalue weighted by Crippen LogP contribution is -2.44. The van der Waals surface area contributed by atoms with Crippen LogP contribution in [0.2, 0.25) is 5.02 Å². The lowest BCUT2D eigenvalue weighted by Gasteiger charge is -2.27. The topological polar surface area (TPSA) is 105 Å². The Kier molecular flexibility index (Phi) is 8.96. The molecule has 0 aromatic heterocycles. The van der Waals surface area contributed by atoms with Gasteiger partial charge < -0.3 is 19.7 Å². The monoisotopic (exact) mass is 557 g/mol. The molecule has 2 fully saturated rings. The molecule has 4 rings (SSSR count). The summed E-state index contributed by atoms with van der Waals surface area (Å²) in [6, 6.07) is 10.5. The van der Waals surface area contributed by atoms with Crippen molar-refractivity contribution in [3.63, 3.8) is 0 Å². The molecule has 2 saturated heterocycles. The summed E-state index contributed by atoms with van der Waals surface area (Å²) in [5.74, 6) is -0.708. The summed E-state index contributed by atoms with van der Waals surface area (Å²) in [5, 5.41) is 2.41. The molecular weight excluding hydrogens is 530 g/mol. The first kappa shape index (κ1) is 27.5. The van der Waals surface area contributed by atoms with Gasteiger partial charge in [-0.05, 0) is 73.9 Å². The number of nitrogens with zero attached hydrogens (tertiary/aromatic N) is 2. The molecule has 0 bridgehead atoms. The van der Waals surface area contributed by atoms with Crippen molar-refractivity contribution in [2.75, 3.05) is 38.7 Å². The van der Waals surface area contributed by atoms with Crippen molar-refractivity contribution in [3.05, 3.63) is 57.5 Å². The predicted molar refractivity (Wildman–Crippen MR) is 146 cm³/mol. The van der Waals surface area contributed by atoms with Crippen LogP contribution >= 0.6 is 23.4 Å². The zero-order chi connectivity index (χ0) is 27.2. The largest absolute Gasteiger partial charge is 0.493 e. The highest BCUT2D eigenvalue weighted by Gasteiger charge is 2.37. The van der Waals surface area contributed by atoms with Gasteiger partial charge in [-0.1, -0.05) is 29.3 Å². The number of thioether (sulfide) groups is 1. The number of piperidine rings is 1. The fourth-order valence-electron chi connectivity index (χ4n) is 4.10. The molecule has 0 aliphatic carbocycles. The molecule has 11 heteroatoms. The number of carbonyl (C=O) groups is 4. The van der Waals surface area contributed by atoms with Crippen molar-refractivity contribution < 1.29 is 28.7 Å². The van der Waals surface area contributed by atoms with Crippen LogP contribution in [0.25, 0.3) is 6.08 Å². The number of anilines is 1. The van der Waals surface area contributed by atoms with E-state index in [1.54, 1.807) is 29.2 Å². The van der Waals surface area contributed by atoms with Gasteiger partial charge in [0.1, 0.15) is 6.54 Å². The van der Waals surface area contributed by atoms with Gasteiger partial charge >= 0.3 is 0 Å². The number of aryl methyl sites for hydroxylation is 1. The van der Waals surface area contributed by atoms with E-state index in [-0.39, 0.29) is 46.4 Å². The normalized spacial score (nSPS) is 16.7. The molecule has 38 heavy (non-hydrogen) atoms. The average molecular weight is 558 g/mol. The van der Waals surface area contributed by atoms with Crippen LogP contribution < -0.4 is 14.8 Å². The van der Waals surface area contributed by atoms with Crippen LogP contribution in [-0.4, -0.2) is 66.1 Å². The highest BCUT2D eigenvalue weighted by atomic mass is 35.5. The Balaban J connectivity index is 1.42. The Morgan fingerprint density at radius 3 is 2.50 bits per heavy atom. The molecule has 1 N–H and O–H groups in total. The number of imide groups is 1. The Labute approximate surface area is 230 Å². The molecular formula is C27H28ClN3O6S. The summed E-state index contributed by atoms with van der Waals surface area (Å²) in [5.41, 5.74) is 2.21. The van der Waals surface area contributed by atoms with E-state index in [0.29, 0.717) is 24.3 Å². The molecule has 2 aromatic carbocycles. The third-order valence-corrected chi connectivity index (χ3v) is 7.30. The Morgan fingerprint density at radius 1 is 1.11 bits per heavy atom. The van der Waals surface area contributed by atoms with E-state index in [2.05, 4.69) is 5.32 Å². The predicted octanol–water partition coefficient (Wildman–Crippen LogP) is 4.72. The van der Waals surface area contributed by atoms with Gasteiger partial charge in [-0.15, -0.1) is 0 Å². The van der Waals surface area contributed by atoms with Crippen LogP contribution in [0.5, 0.6) is 11.5 Å². The van der Waals surface area contributed by atoms with Crippen LogP contribution in [0.1, 0.15) is 30.4 Å². The molecule has 4 amide bonds. The number of amides is 4. The second-order valence-corrected chi connectivity index (χ2v) is 10.3. The maximum atomic E-state index is 12.9. The van der Waals surface area contributed by atoms with Crippen LogP contribution in [0.15, 0.2) is 41.3 Å². The second-order valence-electron chi connectivity index (χ2n) is 8.95. The second kappa shape index (κ2) is 12.4. The summed E-state index contributed by atoms with van der Waals surface area (Å²) in [6.07, 6.45) is 4.43. The summed E-state index contributed by atoms with van der Waals surface area (Å²) in [4.78, 5) is 53.1. The van der Waals surface area contributed by atoms with Gasteiger partial charge in [0.15, 0.2) is 18.1 Å². The molecule has 2 aliphatic rings. The first-order chi connectivity index (χ1) is 18.2. The van der Waals surface area contributed by atoms with Crippen molar-refractivity contribution in [2.45, 2.75) is 26.2 Å². The van der Waals surface area contributed by atoms with E-state index in [0.717, 1.165) is 41.5 Å². The minimum atomic E-state index is -0.534. The van der Waals surface area contributed by atoms with Gasteiger partial charge in [-0.25, -0.2) is 0 Å². The number of methoxy groups -OCH3 is 1. The van der Waals surface area contributed by atoms with Crippen LogP contribution in [-0.2, 0) is 14.4 Å². The van der Waals surface area contributed by atoms with Crippen LogP contribution in [0, 0.1) is 6.92 Å². The number of nitrogens with one attached hydrogen (secondary N) is 1. The Morgan fingerprint density at radius 2 is 1.82 bits per heavy atom. The molecule has 0 spiro atoms. The number of halogens is 1. The van der Waals surface area contributed by atoms with Gasteiger partial charge in [0.05, 0.1) is 17.0 Å².